The first kappa shape index (κ1) is 9.15. The summed E-state index contributed by atoms with van der Waals surface area (Å²) in [4.78, 5) is 0. The van der Waals surface area contributed by atoms with Gasteiger partial charge in [-0.05, 0) is 12.1 Å². The van der Waals surface area contributed by atoms with Gasteiger partial charge in [-0.25, -0.2) is 0 Å². The highest BCUT2D eigenvalue weighted by atomic mass is 79.9. The largest absolute Gasteiger partial charge is 0.495 e. The molecule has 0 aliphatic carbocycles. The van der Waals surface area contributed by atoms with Crippen LogP contribution in [0, 0.1) is 11.8 Å². The lowest BCUT2D eigenvalue weighted by atomic mass is 10.2. The van der Waals surface area contributed by atoms with Gasteiger partial charge >= 0.3 is 0 Å². The summed E-state index contributed by atoms with van der Waals surface area (Å²) in [5.74, 6) is 6.74. The van der Waals surface area contributed by atoms with E-state index in [1.54, 1.807) is 7.11 Å². The highest BCUT2D eigenvalue weighted by Gasteiger charge is 1.95. The summed E-state index contributed by atoms with van der Waals surface area (Å²) in [6, 6.07) is 7.71. The van der Waals surface area contributed by atoms with Crippen molar-refractivity contribution in [1.29, 1.82) is 0 Å². The molecule has 0 unspecified atom stereocenters. The van der Waals surface area contributed by atoms with Gasteiger partial charge in [0, 0.05) is 0 Å². The van der Waals surface area contributed by atoms with E-state index in [0.717, 1.165) is 11.3 Å². The van der Waals surface area contributed by atoms with Crippen LogP contribution in [-0.4, -0.2) is 12.4 Å². The molecule has 1 aromatic carbocycles. The average Bonchev–Trinajstić information content (AvgIpc) is 2.15. The van der Waals surface area contributed by atoms with Gasteiger partial charge in [-0.3, -0.25) is 0 Å². The quantitative estimate of drug-likeness (QED) is 0.526. The molecule has 0 saturated heterocycles. The fourth-order valence-electron chi connectivity index (χ4n) is 0.877. The molecular weight excluding hydrogens is 216 g/mol. The van der Waals surface area contributed by atoms with Crippen molar-refractivity contribution in [3.8, 4) is 17.6 Å². The van der Waals surface area contributed by atoms with Crippen LogP contribution in [-0.2, 0) is 0 Å². The Morgan fingerprint density at radius 3 is 2.83 bits per heavy atom. The second kappa shape index (κ2) is 4.84. The summed E-state index contributed by atoms with van der Waals surface area (Å²) in [5, 5.41) is 0.686. The molecule has 0 aliphatic rings. The molecule has 0 aromatic heterocycles. The van der Waals surface area contributed by atoms with E-state index in [2.05, 4.69) is 27.8 Å². The molecule has 0 radical (unpaired) electrons. The van der Waals surface area contributed by atoms with Crippen molar-refractivity contribution in [3.63, 3.8) is 0 Å². The number of hydrogen-bond donors (Lipinski definition) is 0. The van der Waals surface area contributed by atoms with Crippen LogP contribution in [0.15, 0.2) is 24.3 Å². The number of rotatable bonds is 1. The maximum atomic E-state index is 5.12. The van der Waals surface area contributed by atoms with Crippen molar-refractivity contribution >= 4 is 15.9 Å². The third kappa shape index (κ3) is 2.28. The molecule has 0 saturated carbocycles. The first-order valence-corrected chi connectivity index (χ1v) is 4.68. The molecule has 0 heterocycles. The Kier molecular flexibility index (Phi) is 3.69. The maximum absolute atomic E-state index is 5.12. The number of methoxy groups -OCH3 is 1. The zero-order chi connectivity index (χ0) is 8.81. The third-order valence-corrected chi connectivity index (χ3v) is 1.68. The van der Waals surface area contributed by atoms with Gasteiger partial charge in [0.25, 0.3) is 0 Å². The minimum Gasteiger partial charge on any atom is -0.495 e. The van der Waals surface area contributed by atoms with E-state index < -0.39 is 0 Å². The van der Waals surface area contributed by atoms with Gasteiger partial charge in [-0.1, -0.05) is 39.9 Å². The smallest absolute Gasteiger partial charge is 0.134 e. The fraction of sp³-hybridized carbons (Fsp3) is 0.200. The second-order valence-corrected chi connectivity index (χ2v) is 2.70. The van der Waals surface area contributed by atoms with Crippen molar-refractivity contribution in [1.82, 2.24) is 0 Å². The lowest BCUT2D eigenvalue weighted by Gasteiger charge is -2.00. The normalized spacial score (nSPS) is 8.50. The van der Waals surface area contributed by atoms with Crippen molar-refractivity contribution in [2.75, 3.05) is 12.4 Å². The van der Waals surface area contributed by atoms with Crippen LogP contribution >= 0.6 is 15.9 Å². The Bertz CT molecular complexity index is 309. The molecule has 0 N–H and O–H groups in total. The molecule has 62 valence electrons. The van der Waals surface area contributed by atoms with Gasteiger partial charge in [0.1, 0.15) is 5.75 Å². The predicted molar refractivity (Wildman–Crippen MR) is 53.7 cm³/mol. The van der Waals surface area contributed by atoms with Gasteiger partial charge in [0.05, 0.1) is 18.0 Å². The SMILES string of the molecule is COc1ccccc1C#CCBr. The van der Waals surface area contributed by atoms with Crippen LogP contribution in [0.2, 0.25) is 0 Å². The molecule has 0 amide bonds. The molecule has 0 atom stereocenters. The molecule has 0 aliphatic heterocycles. The summed E-state index contributed by atoms with van der Waals surface area (Å²) >= 11 is 3.24. The average molecular weight is 225 g/mol. The topological polar surface area (TPSA) is 9.23 Å². The van der Waals surface area contributed by atoms with Gasteiger partial charge < -0.3 is 4.74 Å². The van der Waals surface area contributed by atoms with Crippen molar-refractivity contribution in [2.24, 2.45) is 0 Å². The molecule has 0 spiro atoms. The molecule has 12 heavy (non-hydrogen) atoms. The monoisotopic (exact) mass is 224 g/mol. The zero-order valence-corrected chi connectivity index (χ0v) is 8.39. The minimum absolute atomic E-state index is 0.686. The number of ether oxygens (including phenoxy) is 1. The molecule has 2 heteroatoms. The van der Waals surface area contributed by atoms with Gasteiger partial charge in [0.15, 0.2) is 0 Å². The first-order valence-electron chi connectivity index (χ1n) is 3.56. The molecule has 1 aromatic rings. The third-order valence-electron chi connectivity index (χ3n) is 1.40. The molecular formula is C10H9BrO. The molecule has 0 bridgehead atoms. The lowest BCUT2D eigenvalue weighted by Crippen LogP contribution is -1.86. The summed E-state index contributed by atoms with van der Waals surface area (Å²) in [7, 11) is 1.65. The highest BCUT2D eigenvalue weighted by Crippen LogP contribution is 2.15. The standard InChI is InChI=1S/C10H9BrO/c1-12-10-7-3-2-5-9(10)6-4-8-11/h2-3,5,7H,8H2,1H3. The Morgan fingerprint density at radius 1 is 1.42 bits per heavy atom. The fourth-order valence-corrected chi connectivity index (χ4v) is 1.02. The molecule has 1 nitrogen and oxygen atoms in total. The van der Waals surface area contributed by atoms with E-state index in [-0.39, 0.29) is 0 Å². The minimum atomic E-state index is 0.686. The van der Waals surface area contributed by atoms with Crippen LogP contribution in [0.4, 0.5) is 0 Å². The number of para-hydroxylation sites is 1. The van der Waals surface area contributed by atoms with Crippen LogP contribution in [0.1, 0.15) is 5.56 Å². The van der Waals surface area contributed by atoms with E-state index in [1.807, 2.05) is 24.3 Å². The van der Waals surface area contributed by atoms with E-state index in [9.17, 15) is 0 Å². The summed E-state index contributed by atoms with van der Waals surface area (Å²) in [6.07, 6.45) is 0. The Morgan fingerprint density at radius 2 is 2.17 bits per heavy atom. The summed E-state index contributed by atoms with van der Waals surface area (Å²) in [6.45, 7) is 0. The first-order chi connectivity index (χ1) is 5.88. The number of benzene rings is 1. The van der Waals surface area contributed by atoms with Gasteiger partial charge in [-0.15, -0.1) is 0 Å². The van der Waals surface area contributed by atoms with Crippen LogP contribution in [0.5, 0.6) is 5.75 Å². The van der Waals surface area contributed by atoms with E-state index >= 15 is 0 Å². The van der Waals surface area contributed by atoms with Gasteiger partial charge in [0.2, 0.25) is 0 Å². The molecule has 0 fully saturated rings. The summed E-state index contributed by atoms with van der Waals surface area (Å²) in [5.41, 5.74) is 0.930. The summed E-state index contributed by atoms with van der Waals surface area (Å²) < 4.78 is 5.12. The molecule has 1 rings (SSSR count). The van der Waals surface area contributed by atoms with E-state index in [0.29, 0.717) is 5.33 Å². The van der Waals surface area contributed by atoms with E-state index in [1.165, 1.54) is 0 Å². The Hall–Kier alpha value is -0.940. The Labute approximate surface area is 80.9 Å². The van der Waals surface area contributed by atoms with E-state index in [4.69, 9.17) is 4.74 Å². The maximum Gasteiger partial charge on any atom is 0.134 e. The van der Waals surface area contributed by atoms with Crippen LogP contribution in [0.25, 0.3) is 0 Å². The van der Waals surface area contributed by atoms with Crippen LogP contribution in [0.3, 0.4) is 0 Å². The van der Waals surface area contributed by atoms with Crippen molar-refractivity contribution < 1.29 is 4.74 Å². The Balaban J connectivity index is 2.97. The predicted octanol–water partition coefficient (Wildman–Crippen LogP) is 2.44. The number of hydrogen-bond acceptors (Lipinski definition) is 1. The van der Waals surface area contributed by atoms with Crippen LogP contribution < -0.4 is 4.74 Å². The number of alkyl halides is 1. The van der Waals surface area contributed by atoms with Crippen molar-refractivity contribution in [3.05, 3.63) is 29.8 Å². The second-order valence-electron chi connectivity index (χ2n) is 2.14. The lowest BCUT2D eigenvalue weighted by molar-refractivity contribution is 0.413. The highest BCUT2D eigenvalue weighted by molar-refractivity contribution is 9.09. The van der Waals surface area contributed by atoms with Crippen molar-refractivity contribution in [2.45, 2.75) is 0 Å². The zero-order valence-electron chi connectivity index (χ0n) is 6.80. The van der Waals surface area contributed by atoms with Gasteiger partial charge in [-0.2, -0.15) is 0 Å². The number of halogens is 1.